The van der Waals surface area contributed by atoms with Gasteiger partial charge in [0.05, 0.1) is 13.4 Å². The smallest absolute Gasteiger partial charge is 0.249 e. The van der Waals surface area contributed by atoms with E-state index in [2.05, 4.69) is 11.4 Å². The summed E-state index contributed by atoms with van der Waals surface area (Å²) in [4.78, 5) is 11.9. The topological polar surface area (TPSA) is 86.7 Å². The third kappa shape index (κ3) is 4.55. The molecule has 2 atom stereocenters. The van der Waals surface area contributed by atoms with Gasteiger partial charge in [0.2, 0.25) is 5.91 Å². The number of nitrogens with two attached hydrogens (primary N) is 1. The molecule has 1 amide bonds. The van der Waals surface area contributed by atoms with Crippen molar-refractivity contribution in [2.45, 2.75) is 50.6 Å². The fourth-order valence-corrected chi connectivity index (χ4v) is 4.91. The second-order valence-corrected chi connectivity index (χ2v) is 9.16. The monoisotopic (exact) mass is 452 g/mol. The Bertz CT molecular complexity index is 1170. The van der Waals surface area contributed by atoms with Crippen LogP contribution in [0.5, 0.6) is 11.5 Å². The summed E-state index contributed by atoms with van der Waals surface area (Å²) in [5.74, 6) is 0.625. The van der Waals surface area contributed by atoms with E-state index < -0.39 is 11.7 Å². The van der Waals surface area contributed by atoms with Crippen LogP contribution in [0.15, 0.2) is 41.0 Å². The Hall–Kier alpha value is -3.06. The quantitative estimate of drug-likeness (QED) is 0.503. The first kappa shape index (κ1) is 21.8. The van der Waals surface area contributed by atoms with Gasteiger partial charge in [-0.25, -0.2) is 4.39 Å². The highest BCUT2D eigenvalue weighted by atomic mass is 19.1. The average molecular weight is 453 g/mol. The highest BCUT2D eigenvalue weighted by Gasteiger charge is 2.31. The number of primary amides is 1. The van der Waals surface area contributed by atoms with Gasteiger partial charge in [-0.15, -0.1) is 0 Å². The second kappa shape index (κ2) is 9.06. The van der Waals surface area contributed by atoms with Crippen molar-refractivity contribution in [1.29, 1.82) is 0 Å². The lowest BCUT2D eigenvalue weighted by Gasteiger charge is -2.31. The highest BCUT2D eigenvalue weighted by molar-refractivity contribution is 5.95. The van der Waals surface area contributed by atoms with Crippen LogP contribution in [-0.2, 0) is 12.8 Å². The molecular weight excluding hydrogens is 423 g/mol. The lowest BCUT2D eigenvalue weighted by molar-refractivity contribution is 0.0997. The first-order valence-corrected chi connectivity index (χ1v) is 11.6. The summed E-state index contributed by atoms with van der Waals surface area (Å²) in [7, 11) is 1.65. The number of halogens is 1. The number of amides is 1. The average Bonchev–Trinajstić information content (AvgIpc) is 3.53. The molecule has 0 saturated heterocycles. The number of carbonyl (C=O) groups is 1. The van der Waals surface area contributed by atoms with Crippen LogP contribution in [-0.4, -0.2) is 31.7 Å². The molecule has 6 nitrogen and oxygen atoms in total. The van der Waals surface area contributed by atoms with Gasteiger partial charge in [-0.2, -0.15) is 0 Å². The Kier molecular flexibility index (Phi) is 5.98. The molecular formula is C26H29FN2O4. The number of aryl methyl sites for hydroxylation is 1. The maximum atomic E-state index is 14.2. The normalized spacial score (nSPS) is 18.5. The van der Waals surface area contributed by atoms with Crippen molar-refractivity contribution in [3.05, 3.63) is 59.1 Å². The summed E-state index contributed by atoms with van der Waals surface area (Å²) < 4.78 is 31.2. The van der Waals surface area contributed by atoms with E-state index in [9.17, 15) is 9.18 Å². The molecule has 1 aliphatic heterocycles. The number of rotatable bonds is 9. The van der Waals surface area contributed by atoms with E-state index in [1.165, 1.54) is 25.0 Å². The number of methoxy groups -OCH3 is 1. The molecule has 3 aromatic rings. The maximum Gasteiger partial charge on any atom is 0.249 e. The lowest BCUT2D eigenvalue weighted by atomic mass is 9.94. The molecule has 3 N–H and O–H groups in total. The summed E-state index contributed by atoms with van der Waals surface area (Å²) in [6, 6.07) is 8.90. The Morgan fingerprint density at radius 1 is 1.30 bits per heavy atom. The number of carbonyl (C=O) groups excluding carboxylic acids is 1. The number of furan rings is 1. The van der Waals surface area contributed by atoms with E-state index in [-0.39, 0.29) is 17.8 Å². The van der Waals surface area contributed by atoms with Gasteiger partial charge in [0, 0.05) is 28.6 Å². The Balaban J connectivity index is 1.30. The zero-order valence-corrected chi connectivity index (χ0v) is 18.7. The van der Waals surface area contributed by atoms with Crippen LogP contribution in [0.25, 0.3) is 11.0 Å². The molecule has 7 heteroatoms. The largest absolute Gasteiger partial charge is 0.493 e. The van der Waals surface area contributed by atoms with Crippen molar-refractivity contribution in [2.24, 2.45) is 11.7 Å². The molecule has 174 valence electrons. The molecule has 2 unspecified atom stereocenters. The van der Waals surface area contributed by atoms with Gasteiger partial charge >= 0.3 is 0 Å². The SMILES string of the molecule is COc1cccc2c(CCC(CC3CC3)NC3COc4c(F)ccc(C(N)=O)c4C3)coc12. The standard InChI is InChI=1S/C26H29FN2O4/c1-31-23-4-2-3-19-16(13-32-25(19)23)7-8-17(11-15-5-6-15)29-18-12-21-20(26(28)30)9-10-22(27)24(21)33-14-18/h2-4,9-10,13,15,17-18,29H,5-8,11-12,14H2,1H3,(H2,28,30). The van der Waals surface area contributed by atoms with Gasteiger partial charge in [-0.3, -0.25) is 4.79 Å². The van der Waals surface area contributed by atoms with Crippen molar-refractivity contribution in [3.63, 3.8) is 0 Å². The van der Waals surface area contributed by atoms with E-state index in [0.717, 1.165) is 47.5 Å². The Labute approximate surface area is 192 Å². The second-order valence-electron chi connectivity index (χ2n) is 9.16. The molecule has 0 spiro atoms. The molecule has 1 saturated carbocycles. The van der Waals surface area contributed by atoms with E-state index >= 15 is 0 Å². The van der Waals surface area contributed by atoms with Crippen LogP contribution in [0.2, 0.25) is 0 Å². The van der Waals surface area contributed by atoms with Gasteiger partial charge < -0.3 is 24.9 Å². The minimum Gasteiger partial charge on any atom is -0.493 e. The fourth-order valence-electron chi connectivity index (χ4n) is 4.91. The number of nitrogens with one attached hydrogen (secondary N) is 1. The van der Waals surface area contributed by atoms with Crippen molar-refractivity contribution in [2.75, 3.05) is 13.7 Å². The van der Waals surface area contributed by atoms with E-state index in [1.807, 2.05) is 18.4 Å². The minimum atomic E-state index is -0.563. The summed E-state index contributed by atoms with van der Waals surface area (Å²) in [5, 5.41) is 4.81. The summed E-state index contributed by atoms with van der Waals surface area (Å²) in [6.07, 6.45) is 7.78. The van der Waals surface area contributed by atoms with Crippen LogP contribution in [0, 0.1) is 11.7 Å². The number of para-hydroxylation sites is 1. The van der Waals surface area contributed by atoms with Crippen molar-refractivity contribution in [3.8, 4) is 11.5 Å². The van der Waals surface area contributed by atoms with E-state index in [1.54, 1.807) is 7.11 Å². The summed E-state index contributed by atoms with van der Waals surface area (Å²) in [5.41, 5.74) is 8.35. The first-order chi connectivity index (χ1) is 16.0. The number of hydrogen-bond acceptors (Lipinski definition) is 5. The zero-order valence-electron chi connectivity index (χ0n) is 18.7. The van der Waals surface area contributed by atoms with Gasteiger partial charge in [0.15, 0.2) is 22.9 Å². The molecule has 33 heavy (non-hydrogen) atoms. The van der Waals surface area contributed by atoms with Crippen LogP contribution < -0.4 is 20.5 Å². The molecule has 0 bridgehead atoms. The number of ether oxygens (including phenoxy) is 2. The van der Waals surface area contributed by atoms with Crippen LogP contribution in [0.3, 0.4) is 0 Å². The molecule has 1 aliphatic carbocycles. The maximum absolute atomic E-state index is 14.2. The van der Waals surface area contributed by atoms with Crippen molar-refractivity contribution in [1.82, 2.24) is 5.32 Å². The van der Waals surface area contributed by atoms with Gasteiger partial charge in [-0.05, 0) is 55.4 Å². The third-order valence-corrected chi connectivity index (χ3v) is 6.77. The highest BCUT2D eigenvalue weighted by Crippen LogP contribution is 2.36. The number of hydrogen-bond donors (Lipinski definition) is 2. The lowest BCUT2D eigenvalue weighted by Crippen LogP contribution is -2.46. The summed E-state index contributed by atoms with van der Waals surface area (Å²) in [6.45, 7) is 0.360. The van der Waals surface area contributed by atoms with Gasteiger partial charge in [0.1, 0.15) is 6.61 Å². The molecule has 5 rings (SSSR count). The number of benzene rings is 2. The predicted molar refractivity (Wildman–Crippen MR) is 123 cm³/mol. The Morgan fingerprint density at radius 3 is 2.91 bits per heavy atom. The Morgan fingerprint density at radius 2 is 2.15 bits per heavy atom. The van der Waals surface area contributed by atoms with E-state index in [0.29, 0.717) is 24.2 Å². The summed E-state index contributed by atoms with van der Waals surface area (Å²) >= 11 is 0. The van der Waals surface area contributed by atoms with Crippen LogP contribution >= 0.6 is 0 Å². The van der Waals surface area contributed by atoms with Crippen molar-refractivity contribution >= 4 is 16.9 Å². The minimum absolute atomic E-state index is 0.0117. The van der Waals surface area contributed by atoms with Crippen molar-refractivity contribution < 1.29 is 23.1 Å². The van der Waals surface area contributed by atoms with E-state index in [4.69, 9.17) is 19.6 Å². The molecule has 1 fully saturated rings. The van der Waals surface area contributed by atoms with Crippen LogP contribution in [0.1, 0.15) is 47.2 Å². The fraction of sp³-hybridized carbons (Fsp3) is 0.423. The molecule has 0 radical (unpaired) electrons. The molecule has 2 aromatic carbocycles. The molecule has 1 aromatic heterocycles. The zero-order chi connectivity index (χ0) is 22.9. The van der Waals surface area contributed by atoms with Gasteiger partial charge in [0.25, 0.3) is 0 Å². The molecule has 2 aliphatic rings. The first-order valence-electron chi connectivity index (χ1n) is 11.6. The number of fused-ring (bicyclic) bond motifs is 2. The van der Waals surface area contributed by atoms with Gasteiger partial charge in [-0.1, -0.05) is 25.0 Å². The third-order valence-electron chi connectivity index (χ3n) is 6.77. The molecule has 2 heterocycles. The van der Waals surface area contributed by atoms with Crippen LogP contribution in [0.4, 0.5) is 4.39 Å². The predicted octanol–water partition coefficient (Wildman–Crippen LogP) is 4.37.